The molecular formula is C17H19N3O2. The molecule has 2 amide bonds. The molecular weight excluding hydrogens is 278 g/mol. The van der Waals surface area contributed by atoms with Crippen LogP contribution in [-0.4, -0.2) is 17.1 Å². The third-order valence-electron chi connectivity index (χ3n) is 4.05. The van der Waals surface area contributed by atoms with Gasteiger partial charge in [-0.2, -0.15) is 0 Å². The highest BCUT2D eigenvalue weighted by Gasteiger charge is 2.37. The van der Waals surface area contributed by atoms with Crippen molar-refractivity contribution in [3.05, 3.63) is 64.6 Å². The molecule has 114 valence electrons. The van der Waals surface area contributed by atoms with E-state index in [1.807, 2.05) is 18.2 Å². The molecule has 2 N–H and O–H groups in total. The van der Waals surface area contributed by atoms with Crippen molar-refractivity contribution in [1.29, 1.82) is 0 Å². The summed E-state index contributed by atoms with van der Waals surface area (Å²) in [4.78, 5) is 23.7. The molecule has 0 bridgehead atoms. The van der Waals surface area contributed by atoms with Gasteiger partial charge in [0.2, 0.25) is 0 Å². The van der Waals surface area contributed by atoms with Gasteiger partial charge in [0, 0.05) is 19.8 Å². The van der Waals surface area contributed by atoms with Crippen LogP contribution in [0, 0.1) is 5.92 Å². The maximum atomic E-state index is 11.9. The maximum Gasteiger partial charge on any atom is 0.319 e. The maximum absolute atomic E-state index is 11.9. The van der Waals surface area contributed by atoms with Crippen LogP contribution in [0.3, 0.4) is 0 Å². The summed E-state index contributed by atoms with van der Waals surface area (Å²) in [6.07, 6.45) is 2.75. The fraction of sp³-hybridized carbons (Fsp3) is 0.294. The van der Waals surface area contributed by atoms with Crippen LogP contribution in [0.2, 0.25) is 0 Å². The van der Waals surface area contributed by atoms with E-state index in [1.54, 1.807) is 25.4 Å². The van der Waals surface area contributed by atoms with Crippen molar-refractivity contribution < 1.29 is 4.79 Å². The average molecular weight is 297 g/mol. The summed E-state index contributed by atoms with van der Waals surface area (Å²) in [6, 6.07) is 13.3. The Morgan fingerprint density at radius 2 is 2.00 bits per heavy atom. The predicted octanol–water partition coefficient (Wildman–Crippen LogP) is 2.31. The van der Waals surface area contributed by atoms with Crippen LogP contribution in [0.15, 0.2) is 53.5 Å². The Hall–Kier alpha value is -2.56. The Kier molecular flexibility index (Phi) is 3.96. The van der Waals surface area contributed by atoms with E-state index in [2.05, 4.69) is 22.8 Å². The zero-order valence-electron chi connectivity index (χ0n) is 12.5. The number of nitrogens with one attached hydrogen (secondary N) is 2. The first-order valence-electron chi connectivity index (χ1n) is 7.40. The third kappa shape index (κ3) is 3.19. The number of benzene rings is 1. The van der Waals surface area contributed by atoms with Crippen LogP contribution < -0.4 is 16.2 Å². The number of pyridine rings is 1. The molecule has 1 heterocycles. The number of aromatic nitrogens is 1. The van der Waals surface area contributed by atoms with Crippen molar-refractivity contribution in [2.24, 2.45) is 13.0 Å². The van der Waals surface area contributed by atoms with Gasteiger partial charge in [0.25, 0.3) is 5.56 Å². The lowest BCUT2D eigenvalue weighted by Crippen LogP contribution is -2.33. The summed E-state index contributed by atoms with van der Waals surface area (Å²) in [6.45, 7) is 0.624. The second kappa shape index (κ2) is 6.05. The van der Waals surface area contributed by atoms with E-state index in [9.17, 15) is 9.59 Å². The molecule has 22 heavy (non-hydrogen) atoms. The number of rotatable bonds is 4. The average Bonchev–Trinajstić information content (AvgIpc) is 3.30. The molecule has 1 aromatic carbocycles. The minimum absolute atomic E-state index is 0.216. The summed E-state index contributed by atoms with van der Waals surface area (Å²) < 4.78 is 1.43. The Balaban J connectivity index is 1.50. The van der Waals surface area contributed by atoms with Gasteiger partial charge in [-0.15, -0.1) is 0 Å². The molecule has 0 spiro atoms. The van der Waals surface area contributed by atoms with Crippen molar-refractivity contribution in [1.82, 2.24) is 9.88 Å². The first-order valence-corrected chi connectivity index (χ1v) is 7.40. The van der Waals surface area contributed by atoms with Gasteiger partial charge < -0.3 is 15.2 Å². The van der Waals surface area contributed by atoms with Crippen molar-refractivity contribution in [2.45, 2.75) is 12.3 Å². The third-order valence-corrected chi connectivity index (χ3v) is 4.05. The number of carbonyl (C=O) groups is 1. The molecule has 2 atom stereocenters. The van der Waals surface area contributed by atoms with Gasteiger partial charge in [0.05, 0.1) is 0 Å². The first-order chi connectivity index (χ1) is 10.6. The normalized spacial score (nSPS) is 19.5. The number of nitrogens with zero attached hydrogens (tertiary/aromatic N) is 1. The van der Waals surface area contributed by atoms with Crippen molar-refractivity contribution in [2.75, 3.05) is 11.9 Å². The molecule has 5 nitrogen and oxygen atoms in total. The standard InChI is InChI=1S/C17H19N3O2/c1-20-9-5-8-15(16(20)21)19-17(22)18-11-13-10-14(13)12-6-3-2-4-7-12/h2-9,13-14H,10-11H2,1H3,(H2,18,19,22)/t13-,14-/m0/s1. The van der Waals surface area contributed by atoms with Crippen molar-refractivity contribution in [3.8, 4) is 0 Å². The lowest BCUT2D eigenvalue weighted by atomic mass is 10.1. The fourth-order valence-corrected chi connectivity index (χ4v) is 2.66. The summed E-state index contributed by atoms with van der Waals surface area (Å²) in [5.41, 5.74) is 1.40. The number of aryl methyl sites for hydroxylation is 1. The molecule has 1 aliphatic rings. The summed E-state index contributed by atoms with van der Waals surface area (Å²) in [5, 5.41) is 5.45. The van der Waals surface area contributed by atoms with Gasteiger partial charge >= 0.3 is 6.03 Å². The lowest BCUT2D eigenvalue weighted by Gasteiger charge is -2.08. The van der Waals surface area contributed by atoms with E-state index in [1.165, 1.54) is 10.1 Å². The molecule has 1 aromatic heterocycles. The highest BCUT2D eigenvalue weighted by Crippen LogP contribution is 2.46. The van der Waals surface area contributed by atoms with E-state index >= 15 is 0 Å². The van der Waals surface area contributed by atoms with E-state index in [-0.39, 0.29) is 17.3 Å². The van der Waals surface area contributed by atoms with Crippen LogP contribution in [-0.2, 0) is 7.05 Å². The lowest BCUT2D eigenvalue weighted by molar-refractivity contribution is 0.251. The molecule has 2 aromatic rings. The Morgan fingerprint density at radius 1 is 1.23 bits per heavy atom. The smallest absolute Gasteiger partial charge is 0.319 e. The molecule has 1 aliphatic carbocycles. The van der Waals surface area contributed by atoms with Crippen molar-refractivity contribution in [3.63, 3.8) is 0 Å². The number of hydrogen-bond acceptors (Lipinski definition) is 2. The zero-order chi connectivity index (χ0) is 15.5. The predicted molar refractivity (Wildman–Crippen MR) is 86.0 cm³/mol. The van der Waals surface area contributed by atoms with Gasteiger partial charge in [0.15, 0.2) is 0 Å². The molecule has 0 radical (unpaired) electrons. The van der Waals surface area contributed by atoms with Gasteiger partial charge in [-0.05, 0) is 36.0 Å². The van der Waals surface area contributed by atoms with E-state index in [4.69, 9.17) is 0 Å². The molecule has 1 saturated carbocycles. The fourth-order valence-electron chi connectivity index (χ4n) is 2.66. The zero-order valence-corrected chi connectivity index (χ0v) is 12.5. The SMILES string of the molecule is Cn1cccc(NC(=O)NC[C@@H]2C[C@H]2c2ccccc2)c1=O. The van der Waals surface area contributed by atoms with Gasteiger partial charge in [-0.1, -0.05) is 30.3 Å². The molecule has 0 aliphatic heterocycles. The Labute approximate surface area is 129 Å². The first kappa shape index (κ1) is 14.4. The highest BCUT2D eigenvalue weighted by molar-refractivity contribution is 5.88. The molecule has 0 saturated heterocycles. The van der Waals surface area contributed by atoms with E-state index in [0.717, 1.165) is 6.42 Å². The topological polar surface area (TPSA) is 63.1 Å². The Morgan fingerprint density at radius 3 is 2.77 bits per heavy atom. The van der Waals surface area contributed by atoms with E-state index < -0.39 is 0 Å². The quantitative estimate of drug-likeness (QED) is 0.909. The van der Waals surface area contributed by atoms with Crippen LogP contribution in [0.25, 0.3) is 0 Å². The van der Waals surface area contributed by atoms with Crippen LogP contribution in [0.5, 0.6) is 0 Å². The van der Waals surface area contributed by atoms with Crippen molar-refractivity contribution >= 4 is 11.7 Å². The molecule has 0 unspecified atom stereocenters. The monoisotopic (exact) mass is 297 g/mol. The van der Waals surface area contributed by atoms with Gasteiger partial charge in [-0.25, -0.2) is 4.79 Å². The minimum Gasteiger partial charge on any atom is -0.338 e. The highest BCUT2D eigenvalue weighted by atomic mass is 16.2. The van der Waals surface area contributed by atoms with E-state index in [0.29, 0.717) is 18.4 Å². The number of hydrogen-bond donors (Lipinski definition) is 2. The molecule has 1 fully saturated rings. The molecule has 5 heteroatoms. The minimum atomic E-state index is -0.331. The number of amides is 2. The number of urea groups is 1. The largest absolute Gasteiger partial charge is 0.338 e. The van der Waals surface area contributed by atoms with Crippen LogP contribution >= 0.6 is 0 Å². The number of anilines is 1. The number of carbonyl (C=O) groups excluding carboxylic acids is 1. The summed E-state index contributed by atoms with van der Waals surface area (Å²) >= 11 is 0. The summed E-state index contributed by atoms with van der Waals surface area (Å²) in [7, 11) is 1.65. The van der Waals surface area contributed by atoms with Gasteiger partial charge in [-0.3, -0.25) is 4.79 Å². The van der Waals surface area contributed by atoms with Gasteiger partial charge in [0.1, 0.15) is 5.69 Å². The van der Waals surface area contributed by atoms with Crippen LogP contribution in [0.1, 0.15) is 17.9 Å². The second-order valence-electron chi connectivity index (χ2n) is 5.69. The second-order valence-corrected chi connectivity index (χ2v) is 5.69. The molecule has 3 rings (SSSR count). The Bertz CT molecular complexity index is 724. The summed E-state index contributed by atoms with van der Waals surface area (Å²) in [5.74, 6) is 1.01. The van der Waals surface area contributed by atoms with Crippen LogP contribution in [0.4, 0.5) is 10.5 Å².